The van der Waals surface area contributed by atoms with E-state index in [0.717, 1.165) is 29.6 Å². The van der Waals surface area contributed by atoms with Crippen molar-refractivity contribution in [3.05, 3.63) is 71.4 Å². The van der Waals surface area contributed by atoms with Crippen LogP contribution in [-0.4, -0.2) is 24.0 Å². The Kier molecular flexibility index (Phi) is 4.88. The first-order chi connectivity index (χ1) is 11.3. The third kappa shape index (κ3) is 3.03. The predicted molar refractivity (Wildman–Crippen MR) is 98.8 cm³/mol. The van der Waals surface area contributed by atoms with Crippen molar-refractivity contribution < 1.29 is 4.79 Å². The Balaban J connectivity index is 0.00000169. The highest BCUT2D eigenvalue weighted by atomic mass is 35.5. The second kappa shape index (κ2) is 7.07. The van der Waals surface area contributed by atoms with E-state index in [0.29, 0.717) is 6.54 Å². The summed E-state index contributed by atoms with van der Waals surface area (Å²) >= 11 is 0. The molecule has 24 heavy (non-hydrogen) atoms. The quantitative estimate of drug-likeness (QED) is 0.682. The van der Waals surface area contributed by atoms with Gasteiger partial charge < -0.3 is 15.6 Å². The molecule has 1 aromatic heterocycles. The van der Waals surface area contributed by atoms with Crippen molar-refractivity contribution in [3.8, 4) is 0 Å². The van der Waals surface area contributed by atoms with E-state index in [1.165, 1.54) is 11.1 Å². The van der Waals surface area contributed by atoms with Gasteiger partial charge in [0.1, 0.15) is 0 Å². The van der Waals surface area contributed by atoms with Crippen LogP contribution in [0, 0.1) is 0 Å². The zero-order valence-corrected chi connectivity index (χ0v) is 14.0. The lowest BCUT2D eigenvalue weighted by molar-refractivity contribution is 0.0954. The number of hydrogen-bond acceptors (Lipinski definition) is 2. The summed E-state index contributed by atoms with van der Waals surface area (Å²) in [6, 6.07) is 16.2. The largest absolute Gasteiger partial charge is 0.361 e. The lowest BCUT2D eigenvalue weighted by Gasteiger charge is -2.15. The Morgan fingerprint density at radius 3 is 2.75 bits per heavy atom. The molecule has 1 atom stereocenters. The smallest absolute Gasteiger partial charge is 0.251 e. The second-order valence-corrected chi connectivity index (χ2v) is 6.00. The number of aromatic nitrogens is 1. The third-order valence-electron chi connectivity index (χ3n) is 4.49. The normalized spacial score (nSPS) is 16.3. The Morgan fingerprint density at radius 2 is 1.92 bits per heavy atom. The molecule has 0 spiro atoms. The van der Waals surface area contributed by atoms with Crippen molar-refractivity contribution in [2.75, 3.05) is 13.1 Å². The van der Waals surface area contributed by atoms with E-state index in [1.54, 1.807) is 0 Å². The number of H-pyrrole nitrogens is 1. The van der Waals surface area contributed by atoms with Crippen molar-refractivity contribution in [3.63, 3.8) is 0 Å². The van der Waals surface area contributed by atoms with Gasteiger partial charge in [-0.05, 0) is 23.3 Å². The van der Waals surface area contributed by atoms with Crippen molar-refractivity contribution in [1.29, 1.82) is 0 Å². The maximum absolute atomic E-state index is 12.3. The fraction of sp³-hybridized carbons (Fsp3) is 0.211. The Morgan fingerprint density at radius 1 is 1.08 bits per heavy atom. The van der Waals surface area contributed by atoms with Gasteiger partial charge in [-0.1, -0.05) is 36.4 Å². The maximum atomic E-state index is 12.3. The summed E-state index contributed by atoms with van der Waals surface area (Å²) in [5.41, 5.74) is 4.28. The summed E-state index contributed by atoms with van der Waals surface area (Å²) in [5.74, 6) is 0.280. The van der Waals surface area contributed by atoms with E-state index in [4.69, 9.17) is 0 Å². The minimum atomic E-state index is 0. The van der Waals surface area contributed by atoms with Crippen molar-refractivity contribution >= 4 is 29.2 Å². The molecule has 4 rings (SSSR count). The zero-order chi connectivity index (χ0) is 15.6. The molecule has 4 nitrogen and oxygen atoms in total. The van der Waals surface area contributed by atoms with E-state index in [1.807, 2.05) is 30.5 Å². The standard InChI is InChI=1S/C19H19N3O.ClH/c23-19-15-7-4-8-17-18(15)16(12-21-17)14(11-22-19)10-20-9-13-5-2-1-3-6-13;/h1-8,12,14,20-21H,9-11H2,(H,22,23);1H. The van der Waals surface area contributed by atoms with Gasteiger partial charge >= 0.3 is 0 Å². The molecule has 0 saturated carbocycles. The fourth-order valence-electron chi connectivity index (χ4n) is 3.31. The number of halogens is 1. The van der Waals surface area contributed by atoms with Crippen LogP contribution in [0.2, 0.25) is 0 Å². The van der Waals surface area contributed by atoms with Gasteiger partial charge in [0, 0.05) is 48.2 Å². The number of carbonyl (C=O) groups excluding carboxylic acids is 1. The molecule has 0 saturated heterocycles. The van der Waals surface area contributed by atoms with E-state index in [2.05, 4.69) is 39.9 Å². The Hall–Kier alpha value is -2.30. The number of aromatic amines is 1. The van der Waals surface area contributed by atoms with Gasteiger partial charge in [0.15, 0.2) is 0 Å². The molecule has 2 aromatic carbocycles. The van der Waals surface area contributed by atoms with Crippen LogP contribution in [0.4, 0.5) is 0 Å². The average Bonchev–Trinajstić information content (AvgIpc) is 2.96. The molecule has 0 fully saturated rings. The lowest BCUT2D eigenvalue weighted by atomic mass is 9.97. The minimum Gasteiger partial charge on any atom is -0.361 e. The van der Waals surface area contributed by atoms with E-state index < -0.39 is 0 Å². The topological polar surface area (TPSA) is 56.9 Å². The molecular formula is C19H20ClN3O. The first-order valence-corrected chi connectivity index (χ1v) is 7.96. The van der Waals surface area contributed by atoms with Gasteiger partial charge in [0.25, 0.3) is 5.91 Å². The lowest BCUT2D eigenvalue weighted by Crippen LogP contribution is -2.31. The van der Waals surface area contributed by atoms with Gasteiger partial charge in [0.05, 0.1) is 0 Å². The maximum Gasteiger partial charge on any atom is 0.251 e. The third-order valence-corrected chi connectivity index (χ3v) is 4.49. The number of hydrogen-bond donors (Lipinski definition) is 3. The molecule has 5 heteroatoms. The number of amides is 1. The van der Waals surface area contributed by atoms with Crippen molar-refractivity contribution in [2.45, 2.75) is 12.5 Å². The van der Waals surface area contributed by atoms with Crippen molar-refractivity contribution in [2.24, 2.45) is 0 Å². The van der Waals surface area contributed by atoms with E-state index >= 15 is 0 Å². The fourth-order valence-corrected chi connectivity index (χ4v) is 3.31. The van der Waals surface area contributed by atoms with E-state index in [9.17, 15) is 4.79 Å². The zero-order valence-electron chi connectivity index (χ0n) is 13.2. The molecule has 3 aromatic rings. The summed E-state index contributed by atoms with van der Waals surface area (Å²) in [5, 5.41) is 7.62. The van der Waals surface area contributed by atoms with Crippen LogP contribution in [0.25, 0.3) is 10.9 Å². The first kappa shape index (κ1) is 16.6. The molecule has 2 heterocycles. The highest BCUT2D eigenvalue weighted by Gasteiger charge is 2.24. The predicted octanol–water partition coefficient (Wildman–Crippen LogP) is 3.21. The molecule has 124 valence electrons. The molecular weight excluding hydrogens is 322 g/mol. The first-order valence-electron chi connectivity index (χ1n) is 7.96. The van der Waals surface area contributed by atoms with Gasteiger partial charge in [-0.2, -0.15) is 0 Å². The monoisotopic (exact) mass is 341 g/mol. The van der Waals surface area contributed by atoms with E-state index in [-0.39, 0.29) is 24.2 Å². The molecule has 1 aliphatic rings. The van der Waals surface area contributed by atoms with Gasteiger partial charge in [0.2, 0.25) is 0 Å². The van der Waals surface area contributed by atoms with Gasteiger partial charge in [-0.3, -0.25) is 4.79 Å². The van der Waals surface area contributed by atoms with Crippen LogP contribution in [0.5, 0.6) is 0 Å². The SMILES string of the molecule is Cl.O=C1NCC(CNCc2ccccc2)c2c[nH]c3cccc1c23. The molecule has 1 amide bonds. The number of carbonyl (C=O) groups is 1. The summed E-state index contributed by atoms with van der Waals surface area (Å²) in [7, 11) is 0. The average molecular weight is 342 g/mol. The van der Waals surface area contributed by atoms with Gasteiger partial charge in [-0.15, -0.1) is 12.4 Å². The molecule has 0 aliphatic carbocycles. The molecule has 1 unspecified atom stereocenters. The number of benzene rings is 2. The summed E-state index contributed by atoms with van der Waals surface area (Å²) in [6.07, 6.45) is 2.04. The molecule has 0 bridgehead atoms. The Labute approximate surface area is 147 Å². The minimum absolute atomic E-state index is 0. The Bertz CT molecular complexity index is 844. The van der Waals surface area contributed by atoms with Crippen LogP contribution in [-0.2, 0) is 6.54 Å². The summed E-state index contributed by atoms with van der Waals surface area (Å²) in [6.45, 7) is 2.32. The summed E-state index contributed by atoms with van der Waals surface area (Å²) < 4.78 is 0. The molecule has 3 N–H and O–H groups in total. The van der Waals surface area contributed by atoms with Gasteiger partial charge in [-0.25, -0.2) is 0 Å². The highest BCUT2D eigenvalue weighted by molar-refractivity contribution is 6.08. The van der Waals surface area contributed by atoms with Crippen LogP contribution >= 0.6 is 12.4 Å². The summed E-state index contributed by atoms with van der Waals surface area (Å²) in [4.78, 5) is 15.6. The van der Waals surface area contributed by atoms with Crippen LogP contribution < -0.4 is 10.6 Å². The number of rotatable bonds is 4. The van der Waals surface area contributed by atoms with Crippen LogP contribution in [0.1, 0.15) is 27.4 Å². The molecule has 0 radical (unpaired) electrons. The van der Waals surface area contributed by atoms with Crippen LogP contribution in [0.3, 0.4) is 0 Å². The highest BCUT2D eigenvalue weighted by Crippen LogP contribution is 2.30. The van der Waals surface area contributed by atoms with Crippen LogP contribution in [0.15, 0.2) is 54.7 Å². The second-order valence-electron chi connectivity index (χ2n) is 6.00. The van der Waals surface area contributed by atoms with Crippen molar-refractivity contribution in [1.82, 2.24) is 15.6 Å². The molecule has 1 aliphatic heterocycles. The number of nitrogens with one attached hydrogen (secondary N) is 3.